The van der Waals surface area contributed by atoms with Crippen molar-refractivity contribution in [2.45, 2.75) is 48.8 Å². The monoisotopic (exact) mass is 643 g/mol. The quantitative estimate of drug-likeness (QED) is 0.125. The number of hydrogen-bond donors (Lipinski definition) is 0. The van der Waals surface area contributed by atoms with Gasteiger partial charge in [-0.25, -0.2) is 8.42 Å². The zero-order valence-electron chi connectivity index (χ0n) is 24.1. The number of benzene rings is 3. The molecular formula is C32H38BrNO6S. The topological polar surface area (TPSA) is 78.2 Å². The number of likely N-dealkylation sites (N-methyl/N-ethyl adjacent to an activating group) is 1. The highest BCUT2D eigenvalue weighted by Crippen LogP contribution is 2.36. The van der Waals surface area contributed by atoms with Crippen molar-refractivity contribution < 1.29 is 27.0 Å². The maximum Gasteiger partial charge on any atom is 0.210 e. The Morgan fingerprint density at radius 3 is 2.34 bits per heavy atom. The van der Waals surface area contributed by atoms with Crippen molar-refractivity contribution >= 4 is 36.7 Å². The molecule has 41 heavy (non-hydrogen) atoms. The molecule has 0 radical (unpaired) electrons. The molecular weight excluding hydrogens is 606 g/mol. The number of methoxy groups -OCH3 is 2. The van der Waals surface area contributed by atoms with E-state index in [2.05, 4.69) is 40.9 Å². The number of sulfone groups is 1. The highest BCUT2D eigenvalue weighted by Gasteiger charge is 2.28. The molecule has 0 unspecified atom stereocenters. The van der Waals surface area contributed by atoms with Gasteiger partial charge in [-0.15, -0.1) is 0 Å². The third-order valence-electron chi connectivity index (χ3n) is 7.02. The van der Waals surface area contributed by atoms with Gasteiger partial charge in [-0.1, -0.05) is 35.3 Å². The molecule has 0 bridgehead atoms. The molecule has 1 aromatic heterocycles. The number of halogens is 1. The van der Waals surface area contributed by atoms with Crippen LogP contribution in [-0.4, -0.2) is 54.3 Å². The number of aryl methyl sites for hydroxylation is 1. The van der Waals surface area contributed by atoms with Crippen LogP contribution in [0.5, 0.6) is 17.2 Å². The maximum absolute atomic E-state index is 13.7. The number of furan rings is 1. The number of unbranched alkanes of at least 4 members (excludes halogenated alkanes) is 1. The predicted molar refractivity (Wildman–Crippen MR) is 165 cm³/mol. The van der Waals surface area contributed by atoms with Gasteiger partial charge in [0.15, 0.2) is 11.5 Å². The largest absolute Gasteiger partial charge is 0.494 e. The van der Waals surface area contributed by atoms with Crippen molar-refractivity contribution in [2.75, 3.05) is 41.0 Å². The van der Waals surface area contributed by atoms with Gasteiger partial charge in [-0.05, 0) is 86.5 Å². The molecule has 0 N–H and O–H groups in total. The summed E-state index contributed by atoms with van der Waals surface area (Å²) >= 11 is 3.46. The second kappa shape index (κ2) is 14.2. The Balaban J connectivity index is 1.33. The molecule has 0 atom stereocenters. The van der Waals surface area contributed by atoms with Crippen molar-refractivity contribution in [3.8, 4) is 17.2 Å². The molecule has 0 saturated carbocycles. The molecule has 220 valence electrons. The van der Waals surface area contributed by atoms with Gasteiger partial charge in [0, 0.05) is 29.4 Å². The fourth-order valence-electron chi connectivity index (χ4n) is 4.72. The van der Waals surface area contributed by atoms with Gasteiger partial charge in [-0.3, -0.25) is 0 Å². The molecule has 7 nitrogen and oxygen atoms in total. The van der Waals surface area contributed by atoms with Crippen molar-refractivity contribution in [1.82, 2.24) is 4.90 Å². The Hall–Kier alpha value is -3.01. The highest BCUT2D eigenvalue weighted by atomic mass is 79.9. The van der Waals surface area contributed by atoms with Gasteiger partial charge in [0.1, 0.15) is 22.0 Å². The third-order valence-corrected chi connectivity index (χ3v) is 9.39. The maximum atomic E-state index is 13.7. The first-order valence-electron chi connectivity index (χ1n) is 13.8. The number of nitrogens with zero attached hydrogens (tertiary/aromatic N) is 1. The van der Waals surface area contributed by atoms with E-state index >= 15 is 0 Å². The number of rotatable bonds is 15. The second-order valence-electron chi connectivity index (χ2n) is 10.0. The van der Waals surface area contributed by atoms with Crippen molar-refractivity contribution in [2.24, 2.45) is 0 Å². The van der Waals surface area contributed by atoms with E-state index in [1.165, 1.54) is 5.56 Å². The van der Waals surface area contributed by atoms with Crippen molar-refractivity contribution in [3.63, 3.8) is 0 Å². The summed E-state index contributed by atoms with van der Waals surface area (Å²) in [4.78, 5) is 2.74. The molecule has 0 saturated heterocycles. The fraction of sp³-hybridized carbons (Fsp3) is 0.375. The van der Waals surface area contributed by atoms with Crippen LogP contribution in [0.25, 0.3) is 11.0 Å². The molecule has 1 heterocycles. The fourth-order valence-corrected chi connectivity index (χ4v) is 6.70. The minimum atomic E-state index is -3.78. The van der Waals surface area contributed by atoms with Gasteiger partial charge in [0.25, 0.3) is 0 Å². The van der Waals surface area contributed by atoms with Crippen LogP contribution < -0.4 is 14.2 Å². The number of ether oxygens (including phenoxy) is 3. The standard InChI is InChI=1S/C32H38BrNO6S/c1-5-6-8-30-32(27-22-24(33)10-16-28(27)40-30)41(35,36)26-13-11-25(12-14-26)39-20-7-18-34(2)19-17-23-9-15-29(37-3)31(21-23)38-4/h9-16,21-22H,5-8,17-20H2,1-4H3. The zero-order chi connectivity index (χ0) is 29.4. The van der Waals surface area contributed by atoms with Crippen LogP contribution >= 0.6 is 15.9 Å². The Bertz CT molecular complexity index is 1550. The van der Waals surface area contributed by atoms with Crippen LogP contribution in [0, 0.1) is 0 Å². The van der Waals surface area contributed by atoms with Gasteiger partial charge >= 0.3 is 0 Å². The smallest absolute Gasteiger partial charge is 0.210 e. The van der Waals surface area contributed by atoms with E-state index < -0.39 is 9.84 Å². The highest BCUT2D eigenvalue weighted by molar-refractivity contribution is 9.10. The van der Waals surface area contributed by atoms with E-state index in [4.69, 9.17) is 18.6 Å². The van der Waals surface area contributed by atoms with Crippen LogP contribution in [0.3, 0.4) is 0 Å². The number of fused-ring (bicyclic) bond motifs is 1. The summed E-state index contributed by atoms with van der Waals surface area (Å²) in [6.45, 7) is 4.39. The molecule has 4 rings (SSSR count). The third kappa shape index (κ3) is 7.64. The van der Waals surface area contributed by atoms with E-state index in [0.29, 0.717) is 35.5 Å². The predicted octanol–water partition coefficient (Wildman–Crippen LogP) is 7.33. The summed E-state index contributed by atoms with van der Waals surface area (Å²) in [5.41, 5.74) is 1.76. The van der Waals surface area contributed by atoms with Gasteiger partial charge < -0.3 is 23.5 Å². The molecule has 9 heteroatoms. The molecule has 0 aliphatic rings. The molecule has 0 amide bonds. The lowest BCUT2D eigenvalue weighted by Crippen LogP contribution is -2.23. The second-order valence-corrected chi connectivity index (χ2v) is 12.8. The summed E-state index contributed by atoms with van der Waals surface area (Å²) in [6, 6.07) is 18.1. The van der Waals surface area contributed by atoms with Gasteiger partial charge in [0.05, 0.1) is 25.7 Å². The lowest BCUT2D eigenvalue weighted by Gasteiger charge is -2.17. The first kappa shape index (κ1) is 30.9. The number of hydrogen-bond acceptors (Lipinski definition) is 7. The van der Waals surface area contributed by atoms with E-state index in [9.17, 15) is 8.42 Å². The summed E-state index contributed by atoms with van der Waals surface area (Å²) in [5.74, 6) is 2.62. The first-order valence-corrected chi connectivity index (χ1v) is 16.1. The lowest BCUT2D eigenvalue weighted by atomic mass is 10.1. The Kier molecular flexibility index (Phi) is 10.8. The average Bonchev–Trinajstić information content (AvgIpc) is 3.35. The van der Waals surface area contributed by atoms with E-state index in [0.717, 1.165) is 54.7 Å². The Morgan fingerprint density at radius 2 is 1.63 bits per heavy atom. The van der Waals surface area contributed by atoms with Crippen LogP contribution in [0.15, 0.2) is 79.3 Å². The van der Waals surface area contributed by atoms with Crippen molar-refractivity contribution in [1.29, 1.82) is 0 Å². The summed E-state index contributed by atoms with van der Waals surface area (Å²) in [7, 11) is 1.59. The van der Waals surface area contributed by atoms with Crippen LogP contribution in [0.1, 0.15) is 37.5 Å². The Morgan fingerprint density at radius 1 is 0.878 bits per heavy atom. The summed E-state index contributed by atoms with van der Waals surface area (Å²) in [6.07, 6.45) is 4.11. The molecule has 0 aliphatic heterocycles. The van der Waals surface area contributed by atoms with E-state index in [1.807, 2.05) is 24.3 Å². The molecule has 0 spiro atoms. The zero-order valence-corrected chi connectivity index (χ0v) is 26.5. The summed E-state index contributed by atoms with van der Waals surface area (Å²) < 4.78 is 50.9. The normalized spacial score (nSPS) is 11.8. The SMILES string of the molecule is CCCCc1oc2ccc(Br)cc2c1S(=O)(=O)c1ccc(OCCCN(C)CCc2ccc(OC)c(OC)c2)cc1. The van der Waals surface area contributed by atoms with E-state index in [-0.39, 0.29) is 9.79 Å². The minimum Gasteiger partial charge on any atom is -0.494 e. The minimum absolute atomic E-state index is 0.222. The van der Waals surface area contributed by atoms with Crippen molar-refractivity contribution in [3.05, 3.63) is 76.5 Å². The van der Waals surface area contributed by atoms with Crippen LogP contribution in [-0.2, 0) is 22.7 Å². The molecule has 3 aromatic carbocycles. The first-order chi connectivity index (χ1) is 19.8. The summed E-state index contributed by atoms with van der Waals surface area (Å²) in [5, 5.41) is 0.598. The molecule has 0 fully saturated rings. The Labute approximate surface area is 251 Å². The van der Waals surface area contributed by atoms with Crippen LogP contribution in [0.2, 0.25) is 0 Å². The molecule has 4 aromatic rings. The van der Waals surface area contributed by atoms with Gasteiger partial charge in [-0.2, -0.15) is 0 Å². The van der Waals surface area contributed by atoms with Crippen LogP contribution in [0.4, 0.5) is 0 Å². The van der Waals surface area contributed by atoms with Gasteiger partial charge in [0.2, 0.25) is 9.84 Å². The van der Waals surface area contributed by atoms with E-state index in [1.54, 1.807) is 44.6 Å². The molecule has 0 aliphatic carbocycles. The average molecular weight is 645 g/mol. The lowest BCUT2D eigenvalue weighted by molar-refractivity contribution is 0.264.